The number of anilines is 1. The zero-order chi connectivity index (χ0) is 7.11. The maximum absolute atomic E-state index is 5.14. The number of nitrogens with zero attached hydrogens (tertiary/aromatic N) is 2. The van der Waals surface area contributed by atoms with Gasteiger partial charge in [-0.15, -0.1) is 0 Å². The Morgan fingerprint density at radius 1 is 1.22 bits per heavy atom. The largest absolute Gasteiger partial charge is 0.368 e. The molecule has 1 heterocycles. The van der Waals surface area contributed by atoms with Crippen molar-refractivity contribution < 1.29 is 0 Å². The molecule has 0 bridgehead atoms. The normalized spacial score (nSPS) is 7.33. The molecule has 0 amide bonds. The Kier molecular flexibility index (Phi) is 4.34. The van der Waals surface area contributed by atoms with E-state index in [0.717, 1.165) is 0 Å². The van der Waals surface area contributed by atoms with E-state index in [9.17, 15) is 0 Å². The molecular formula is C5H10N4. The van der Waals surface area contributed by atoms with Crippen molar-refractivity contribution in [3.63, 3.8) is 0 Å². The molecule has 0 fully saturated rings. The minimum atomic E-state index is 0.322. The van der Waals surface area contributed by atoms with Crippen molar-refractivity contribution in [2.75, 3.05) is 12.8 Å². The average molecular weight is 126 g/mol. The molecule has 0 saturated carbocycles. The van der Waals surface area contributed by atoms with Crippen LogP contribution in [0.1, 0.15) is 0 Å². The second-order valence-corrected chi connectivity index (χ2v) is 1.11. The summed E-state index contributed by atoms with van der Waals surface area (Å²) in [6.45, 7) is 0. The third kappa shape index (κ3) is 3.42. The predicted molar refractivity (Wildman–Crippen MR) is 36.6 cm³/mol. The van der Waals surface area contributed by atoms with Gasteiger partial charge in [0.25, 0.3) is 0 Å². The van der Waals surface area contributed by atoms with Gasteiger partial charge in [0.15, 0.2) is 0 Å². The highest BCUT2D eigenvalue weighted by Gasteiger charge is 1.75. The molecule has 4 heteroatoms. The molecule has 1 rings (SSSR count). The monoisotopic (exact) mass is 126 g/mol. The van der Waals surface area contributed by atoms with E-state index in [4.69, 9.17) is 5.73 Å². The van der Waals surface area contributed by atoms with Crippen molar-refractivity contribution in [2.45, 2.75) is 0 Å². The first-order chi connectivity index (χ1) is 4.39. The molecule has 0 unspecified atom stereocenters. The standard InChI is InChI=1S/C4H5N3.CH5N/c5-4-6-2-1-3-7-4;1-2/h1-3H,(H2,5,6,7);2H2,1H3. The van der Waals surface area contributed by atoms with Gasteiger partial charge in [0.05, 0.1) is 0 Å². The summed E-state index contributed by atoms with van der Waals surface area (Å²) < 4.78 is 0. The zero-order valence-corrected chi connectivity index (χ0v) is 5.28. The van der Waals surface area contributed by atoms with Gasteiger partial charge in [-0.05, 0) is 13.1 Å². The Balaban J connectivity index is 0.000000291. The lowest BCUT2D eigenvalue weighted by molar-refractivity contribution is 1.19. The molecule has 0 aliphatic carbocycles. The van der Waals surface area contributed by atoms with Gasteiger partial charge < -0.3 is 11.5 Å². The maximum atomic E-state index is 5.14. The lowest BCUT2D eigenvalue weighted by Gasteiger charge is -1.82. The third-order valence-electron chi connectivity index (χ3n) is 0.586. The Hall–Kier alpha value is -1.16. The van der Waals surface area contributed by atoms with E-state index in [-0.39, 0.29) is 0 Å². The predicted octanol–water partition coefficient (Wildman–Crippen LogP) is -0.366. The van der Waals surface area contributed by atoms with Gasteiger partial charge >= 0.3 is 0 Å². The van der Waals surface area contributed by atoms with Crippen molar-refractivity contribution in [1.29, 1.82) is 0 Å². The molecule has 0 aromatic carbocycles. The topological polar surface area (TPSA) is 77.8 Å². The van der Waals surface area contributed by atoms with Crippen LogP contribution in [0, 0.1) is 0 Å². The molecule has 0 atom stereocenters. The van der Waals surface area contributed by atoms with Crippen molar-refractivity contribution in [3.8, 4) is 0 Å². The van der Waals surface area contributed by atoms with E-state index >= 15 is 0 Å². The van der Waals surface area contributed by atoms with Crippen molar-refractivity contribution >= 4 is 5.95 Å². The Morgan fingerprint density at radius 2 is 1.67 bits per heavy atom. The van der Waals surface area contributed by atoms with Crippen LogP contribution in [0.3, 0.4) is 0 Å². The van der Waals surface area contributed by atoms with Crippen LogP contribution in [0.25, 0.3) is 0 Å². The summed E-state index contributed by atoms with van der Waals surface area (Å²) in [5.74, 6) is 0.322. The summed E-state index contributed by atoms with van der Waals surface area (Å²) in [4.78, 5) is 7.29. The molecule has 0 saturated heterocycles. The van der Waals surface area contributed by atoms with Crippen LogP contribution < -0.4 is 11.5 Å². The van der Waals surface area contributed by atoms with Crippen LogP contribution in [0.2, 0.25) is 0 Å². The molecule has 4 nitrogen and oxygen atoms in total. The number of nitrogen functional groups attached to an aromatic ring is 1. The molecular weight excluding hydrogens is 116 g/mol. The van der Waals surface area contributed by atoms with Crippen LogP contribution in [0.5, 0.6) is 0 Å². The number of hydrogen-bond donors (Lipinski definition) is 2. The van der Waals surface area contributed by atoms with Crippen molar-refractivity contribution in [1.82, 2.24) is 9.97 Å². The van der Waals surface area contributed by atoms with Gasteiger partial charge in [-0.3, -0.25) is 0 Å². The summed E-state index contributed by atoms with van der Waals surface area (Å²) in [5.41, 5.74) is 9.64. The molecule has 1 aromatic heterocycles. The summed E-state index contributed by atoms with van der Waals surface area (Å²) in [6, 6.07) is 1.72. The minimum Gasteiger partial charge on any atom is -0.368 e. The SMILES string of the molecule is CN.Nc1ncccn1. The first-order valence-corrected chi connectivity index (χ1v) is 2.50. The van der Waals surface area contributed by atoms with Gasteiger partial charge in [0.1, 0.15) is 0 Å². The lowest BCUT2D eigenvalue weighted by atomic mass is 10.7. The summed E-state index contributed by atoms with van der Waals surface area (Å²) in [5, 5.41) is 0. The van der Waals surface area contributed by atoms with E-state index in [0.29, 0.717) is 5.95 Å². The van der Waals surface area contributed by atoms with Gasteiger partial charge in [-0.1, -0.05) is 0 Å². The highest BCUT2D eigenvalue weighted by molar-refractivity contribution is 5.11. The fraction of sp³-hybridized carbons (Fsp3) is 0.200. The van der Waals surface area contributed by atoms with Crippen LogP contribution >= 0.6 is 0 Å². The van der Waals surface area contributed by atoms with Gasteiger partial charge in [0, 0.05) is 12.4 Å². The molecule has 50 valence electrons. The van der Waals surface area contributed by atoms with Crippen LogP contribution in [0.15, 0.2) is 18.5 Å². The van der Waals surface area contributed by atoms with Gasteiger partial charge in [-0.25, -0.2) is 9.97 Å². The molecule has 9 heavy (non-hydrogen) atoms. The maximum Gasteiger partial charge on any atom is 0.219 e. The van der Waals surface area contributed by atoms with Crippen molar-refractivity contribution in [2.24, 2.45) is 5.73 Å². The first kappa shape index (κ1) is 7.84. The van der Waals surface area contributed by atoms with E-state index in [1.54, 1.807) is 18.5 Å². The highest BCUT2D eigenvalue weighted by Crippen LogP contribution is 1.81. The van der Waals surface area contributed by atoms with Crippen LogP contribution in [-0.4, -0.2) is 17.0 Å². The Bertz CT molecular complexity index is 139. The van der Waals surface area contributed by atoms with Crippen LogP contribution in [-0.2, 0) is 0 Å². The quantitative estimate of drug-likeness (QED) is 0.497. The summed E-state index contributed by atoms with van der Waals surface area (Å²) in [7, 11) is 1.50. The van der Waals surface area contributed by atoms with Gasteiger partial charge in [0.2, 0.25) is 5.95 Å². The molecule has 0 spiro atoms. The molecule has 0 aliphatic heterocycles. The minimum absolute atomic E-state index is 0.322. The second kappa shape index (κ2) is 4.99. The molecule has 0 radical (unpaired) electrons. The van der Waals surface area contributed by atoms with E-state index in [2.05, 4.69) is 15.7 Å². The molecule has 1 aromatic rings. The summed E-state index contributed by atoms with van der Waals surface area (Å²) in [6.07, 6.45) is 3.20. The number of nitrogens with two attached hydrogens (primary N) is 2. The Morgan fingerprint density at radius 3 is 1.89 bits per heavy atom. The molecule has 0 aliphatic rings. The second-order valence-electron chi connectivity index (χ2n) is 1.11. The zero-order valence-electron chi connectivity index (χ0n) is 5.28. The van der Waals surface area contributed by atoms with Crippen LogP contribution in [0.4, 0.5) is 5.95 Å². The summed E-state index contributed by atoms with van der Waals surface area (Å²) >= 11 is 0. The lowest BCUT2D eigenvalue weighted by Crippen LogP contribution is -1.90. The first-order valence-electron chi connectivity index (χ1n) is 2.50. The third-order valence-corrected chi connectivity index (χ3v) is 0.586. The fourth-order valence-electron chi connectivity index (χ4n) is 0.311. The molecule has 4 N–H and O–H groups in total. The van der Waals surface area contributed by atoms with E-state index < -0.39 is 0 Å². The fourth-order valence-corrected chi connectivity index (χ4v) is 0.311. The van der Waals surface area contributed by atoms with E-state index in [1.165, 1.54) is 7.05 Å². The van der Waals surface area contributed by atoms with E-state index in [1.807, 2.05) is 0 Å². The number of hydrogen-bond acceptors (Lipinski definition) is 4. The number of aromatic nitrogens is 2. The average Bonchev–Trinajstić information content (AvgIpc) is 1.94. The smallest absolute Gasteiger partial charge is 0.219 e. The van der Waals surface area contributed by atoms with Gasteiger partial charge in [-0.2, -0.15) is 0 Å². The number of rotatable bonds is 0. The van der Waals surface area contributed by atoms with Crippen molar-refractivity contribution in [3.05, 3.63) is 18.5 Å². The highest BCUT2D eigenvalue weighted by atomic mass is 15.0. The Labute approximate surface area is 53.9 Å².